The molecule has 1 unspecified atom stereocenters. The molecule has 0 aliphatic rings. The molecule has 1 aromatic heterocycles. The second-order valence-corrected chi connectivity index (χ2v) is 5.18. The summed E-state index contributed by atoms with van der Waals surface area (Å²) >= 11 is 1.46. The summed E-state index contributed by atoms with van der Waals surface area (Å²) in [5, 5.41) is 10.6. The van der Waals surface area contributed by atoms with Crippen LogP contribution < -0.4 is 0 Å². The van der Waals surface area contributed by atoms with Gasteiger partial charge in [0.1, 0.15) is 5.76 Å². The first kappa shape index (κ1) is 13.2. The molecule has 2 aromatic rings. The van der Waals surface area contributed by atoms with Crippen LogP contribution in [0.4, 0.5) is 0 Å². The topological polar surface area (TPSA) is 46.3 Å². The van der Waals surface area contributed by atoms with Crippen LogP contribution in [0.2, 0.25) is 0 Å². The molecule has 0 aliphatic heterocycles. The number of aliphatic hydroxyl groups is 1. The fourth-order valence-electron chi connectivity index (χ4n) is 1.65. The molecule has 1 atom stereocenters. The molecule has 0 saturated heterocycles. The fraction of sp³-hybridized carbons (Fsp3) is 0.357. The highest BCUT2D eigenvalue weighted by atomic mass is 32.2. The van der Waals surface area contributed by atoms with E-state index in [0.717, 1.165) is 21.9 Å². The Balaban J connectivity index is 2.28. The van der Waals surface area contributed by atoms with Crippen molar-refractivity contribution in [2.75, 3.05) is 0 Å². The smallest absolute Gasteiger partial charge is 0.261 e. The number of rotatable bonds is 4. The van der Waals surface area contributed by atoms with E-state index < -0.39 is 6.10 Å². The summed E-state index contributed by atoms with van der Waals surface area (Å²) in [5.41, 5.74) is 1.84. The maximum absolute atomic E-state index is 9.98. The van der Waals surface area contributed by atoms with Gasteiger partial charge < -0.3 is 9.52 Å². The van der Waals surface area contributed by atoms with Crippen LogP contribution in [0.3, 0.4) is 0 Å². The third-order valence-electron chi connectivity index (χ3n) is 2.87. The molecule has 0 radical (unpaired) electrons. The number of aromatic nitrogens is 1. The van der Waals surface area contributed by atoms with Crippen molar-refractivity contribution in [3.05, 3.63) is 41.3 Å². The summed E-state index contributed by atoms with van der Waals surface area (Å²) < 4.78 is 5.56. The van der Waals surface area contributed by atoms with Crippen LogP contribution in [0.1, 0.15) is 36.5 Å². The highest BCUT2D eigenvalue weighted by Crippen LogP contribution is 2.34. The summed E-state index contributed by atoms with van der Waals surface area (Å²) in [6.45, 7) is 5.79. The molecule has 1 heterocycles. The summed E-state index contributed by atoms with van der Waals surface area (Å²) in [7, 11) is 0. The minimum atomic E-state index is -0.439. The monoisotopic (exact) mass is 263 g/mol. The predicted molar refractivity (Wildman–Crippen MR) is 71.8 cm³/mol. The van der Waals surface area contributed by atoms with Gasteiger partial charge in [0.2, 0.25) is 0 Å². The van der Waals surface area contributed by atoms with Crippen molar-refractivity contribution in [3.63, 3.8) is 0 Å². The highest BCUT2D eigenvalue weighted by Gasteiger charge is 2.14. The highest BCUT2D eigenvalue weighted by molar-refractivity contribution is 7.99. The number of hydrogen-bond donors (Lipinski definition) is 1. The Kier molecular flexibility index (Phi) is 4.09. The lowest BCUT2D eigenvalue weighted by atomic mass is 10.1. The Labute approximate surface area is 111 Å². The van der Waals surface area contributed by atoms with Crippen LogP contribution in [0, 0.1) is 13.8 Å². The van der Waals surface area contributed by atoms with Gasteiger partial charge in [0, 0.05) is 4.90 Å². The number of nitrogens with zero attached hydrogens (tertiary/aromatic N) is 1. The van der Waals surface area contributed by atoms with Crippen LogP contribution in [0.15, 0.2) is 38.8 Å². The lowest BCUT2D eigenvalue weighted by Gasteiger charge is -2.11. The van der Waals surface area contributed by atoms with Crippen molar-refractivity contribution in [1.82, 2.24) is 4.98 Å². The molecule has 1 N–H and O–H groups in total. The quantitative estimate of drug-likeness (QED) is 0.909. The standard InChI is InChI=1S/C14H17NO2S/c1-4-12(16)11-7-5-6-8-13(11)18-14-15-9(2)10(3)17-14/h5-8,12,16H,4H2,1-3H3. The minimum Gasteiger partial charge on any atom is -0.436 e. The van der Waals surface area contributed by atoms with Gasteiger partial charge in [-0.15, -0.1) is 0 Å². The van der Waals surface area contributed by atoms with Crippen LogP contribution in [-0.2, 0) is 0 Å². The number of hydrogen-bond acceptors (Lipinski definition) is 4. The van der Waals surface area contributed by atoms with Gasteiger partial charge >= 0.3 is 0 Å². The van der Waals surface area contributed by atoms with E-state index >= 15 is 0 Å². The molecule has 0 aliphatic carbocycles. The summed E-state index contributed by atoms with van der Waals surface area (Å²) in [5.74, 6) is 0.839. The van der Waals surface area contributed by atoms with Crippen LogP contribution in [0.5, 0.6) is 0 Å². The fourth-order valence-corrected chi connectivity index (χ4v) is 2.66. The van der Waals surface area contributed by atoms with Crippen molar-refractivity contribution in [2.24, 2.45) is 0 Å². The number of oxazole rings is 1. The van der Waals surface area contributed by atoms with Gasteiger partial charge in [0.25, 0.3) is 5.22 Å². The zero-order chi connectivity index (χ0) is 13.1. The molecule has 3 nitrogen and oxygen atoms in total. The molecule has 0 saturated carbocycles. The average Bonchev–Trinajstić information content (AvgIpc) is 2.68. The second kappa shape index (κ2) is 5.59. The summed E-state index contributed by atoms with van der Waals surface area (Å²) in [6, 6.07) is 7.81. The average molecular weight is 263 g/mol. The van der Waals surface area contributed by atoms with Gasteiger partial charge in [0.15, 0.2) is 0 Å². The van der Waals surface area contributed by atoms with E-state index in [9.17, 15) is 5.11 Å². The van der Waals surface area contributed by atoms with Crippen LogP contribution >= 0.6 is 11.8 Å². The van der Waals surface area contributed by atoms with Gasteiger partial charge in [-0.1, -0.05) is 25.1 Å². The maximum atomic E-state index is 9.98. The zero-order valence-corrected chi connectivity index (χ0v) is 11.6. The molecule has 2 rings (SSSR count). The van der Waals surface area contributed by atoms with Crippen molar-refractivity contribution < 1.29 is 9.52 Å². The Morgan fingerprint density at radius 3 is 2.67 bits per heavy atom. The molecule has 0 bridgehead atoms. The van der Waals surface area contributed by atoms with Crippen molar-refractivity contribution in [1.29, 1.82) is 0 Å². The van der Waals surface area contributed by atoms with Gasteiger partial charge in [-0.2, -0.15) is 0 Å². The molecular formula is C14H17NO2S. The van der Waals surface area contributed by atoms with Gasteiger partial charge in [0.05, 0.1) is 11.8 Å². The Morgan fingerprint density at radius 1 is 1.33 bits per heavy atom. The Bertz CT molecular complexity index is 517. The molecule has 1 aromatic carbocycles. The first-order chi connectivity index (χ1) is 8.61. The SMILES string of the molecule is CCC(O)c1ccccc1Sc1nc(C)c(C)o1. The molecule has 96 valence electrons. The lowest BCUT2D eigenvalue weighted by Crippen LogP contribution is -1.97. The van der Waals surface area contributed by atoms with Crippen molar-refractivity contribution >= 4 is 11.8 Å². The normalized spacial score (nSPS) is 12.7. The van der Waals surface area contributed by atoms with E-state index in [0.29, 0.717) is 11.6 Å². The molecule has 0 amide bonds. The lowest BCUT2D eigenvalue weighted by molar-refractivity contribution is 0.171. The van der Waals surface area contributed by atoms with Crippen molar-refractivity contribution in [2.45, 2.75) is 43.4 Å². The Morgan fingerprint density at radius 2 is 2.06 bits per heavy atom. The third-order valence-corrected chi connectivity index (χ3v) is 3.81. The van der Waals surface area contributed by atoms with Gasteiger partial charge in [-0.25, -0.2) is 4.98 Å². The van der Waals surface area contributed by atoms with E-state index in [2.05, 4.69) is 4.98 Å². The largest absolute Gasteiger partial charge is 0.436 e. The zero-order valence-electron chi connectivity index (χ0n) is 10.8. The molecule has 18 heavy (non-hydrogen) atoms. The third kappa shape index (κ3) is 2.76. The van der Waals surface area contributed by atoms with E-state index in [1.807, 2.05) is 45.0 Å². The maximum Gasteiger partial charge on any atom is 0.261 e. The van der Waals surface area contributed by atoms with Gasteiger partial charge in [-0.05, 0) is 43.7 Å². The van der Waals surface area contributed by atoms with Gasteiger partial charge in [-0.3, -0.25) is 0 Å². The molecular weight excluding hydrogens is 246 g/mol. The van der Waals surface area contributed by atoms with Crippen LogP contribution in [-0.4, -0.2) is 10.1 Å². The molecule has 0 fully saturated rings. The molecule has 0 spiro atoms. The Hall–Kier alpha value is -1.26. The second-order valence-electron chi connectivity index (χ2n) is 4.19. The summed E-state index contributed by atoms with van der Waals surface area (Å²) in [6.07, 6.45) is 0.257. The van der Waals surface area contributed by atoms with Crippen molar-refractivity contribution in [3.8, 4) is 0 Å². The van der Waals surface area contributed by atoms with E-state index in [1.165, 1.54) is 11.8 Å². The van der Waals surface area contributed by atoms with E-state index in [4.69, 9.17) is 4.42 Å². The number of aryl methyl sites for hydroxylation is 2. The van der Waals surface area contributed by atoms with Crippen LogP contribution in [0.25, 0.3) is 0 Å². The molecule has 4 heteroatoms. The number of benzene rings is 1. The summed E-state index contributed by atoms with van der Waals surface area (Å²) in [4.78, 5) is 5.34. The first-order valence-corrected chi connectivity index (χ1v) is 6.82. The van der Waals surface area contributed by atoms with E-state index in [1.54, 1.807) is 0 Å². The number of aliphatic hydroxyl groups excluding tert-OH is 1. The minimum absolute atomic E-state index is 0.439. The predicted octanol–water partition coefficient (Wildman–Crippen LogP) is 3.89. The van der Waals surface area contributed by atoms with E-state index in [-0.39, 0.29) is 0 Å². The first-order valence-electron chi connectivity index (χ1n) is 6.00.